The van der Waals surface area contributed by atoms with Crippen LogP contribution in [0.25, 0.3) is 11.0 Å². The highest BCUT2D eigenvalue weighted by Crippen LogP contribution is 2.14. The highest BCUT2D eigenvalue weighted by atomic mass is 32.1. The van der Waals surface area contributed by atoms with E-state index in [-0.39, 0.29) is 0 Å². The Hall–Kier alpha value is -1.49. The Kier molecular flexibility index (Phi) is 2.76. The lowest BCUT2D eigenvalue weighted by Crippen LogP contribution is -2.38. The summed E-state index contributed by atoms with van der Waals surface area (Å²) in [6.07, 6.45) is 3.73. The number of piperidine rings is 1. The first kappa shape index (κ1) is 10.7. The average molecular weight is 246 g/mol. The van der Waals surface area contributed by atoms with Gasteiger partial charge in [0, 0.05) is 13.1 Å². The zero-order valence-electron chi connectivity index (χ0n) is 9.54. The van der Waals surface area contributed by atoms with Gasteiger partial charge in [-0.1, -0.05) is 17.3 Å². The molecule has 1 aliphatic heterocycles. The molecule has 1 aromatic heterocycles. The number of nitrogens with zero attached hydrogens (tertiary/aromatic N) is 4. The molecule has 2 heterocycles. The highest BCUT2D eigenvalue weighted by molar-refractivity contribution is 7.80. The highest BCUT2D eigenvalue weighted by Gasteiger charge is 2.17. The van der Waals surface area contributed by atoms with E-state index in [2.05, 4.69) is 15.2 Å². The van der Waals surface area contributed by atoms with Gasteiger partial charge in [0.2, 0.25) is 0 Å². The largest absolute Gasteiger partial charge is 0.347 e. The standard InChI is InChI=1S/C12H14N4S/c17-12(15-8-4-1-5-9-15)16-11-7-3-2-6-10(11)13-14-16/h2-3,6-7H,1,4-5,8-9H2. The molecule has 17 heavy (non-hydrogen) atoms. The summed E-state index contributed by atoms with van der Waals surface area (Å²) in [6.45, 7) is 2.07. The van der Waals surface area contributed by atoms with E-state index < -0.39 is 0 Å². The summed E-state index contributed by atoms with van der Waals surface area (Å²) >= 11 is 5.51. The zero-order valence-corrected chi connectivity index (χ0v) is 10.4. The Labute approximate surface area is 105 Å². The third-order valence-corrected chi connectivity index (χ3v) is 3.59. The van der Waals surface area contributed by atoms with E-state index in [1.54, 1.807) is 4.68 Å². The second kappa shape index (κ2) is 4.41. The van der Waals surface area contributed by atoms with Gasteiger partial charge in [0.15, 0.2) is 5.11 Å². The smallest absolute Gasteiger partial charge is 0.198 e. The molecule has 0 radical (unpaired) electrons. The van der Waals surface area contributed by atoms with Gasteiger partial charge in [0.1, 0.15) is 5.52 Å². The van der Waals surface area contributed by atoms with Crippen LogP contribution in [0.2, 0.25) is 0 Å². The molecule has 0 bridgehead atoms. The van der Waals surface area contributed by atoms with E-state index in [0.717, 1.165) is 29.2 Å². The summed E-state index contributed by atoms with van der Waals surface area (Å²) in [4.78, 5) is 2.22. The normalized spacial score (nSPS) is 16.4. The maximum absolute atomic E-state index is 5.51. The molecule has 1 aliphatic rings. The molecule has 0 aliphatic carbocycles. The predicted molar refractivity (Wildman–Crippen MR) is 70.9 cm³/mol. The first-order valence-electron chi connectivity index (χ1n) is 5.96. The molecule has 1 aromatic carbocycles. The minimum atomic E-state index is 0.776. The monoisotopic (exact) mass is 246 g/mol. The first-order chi connectivity index (χ1) is 8.36. The SMILES string of the molecule is S=C(N1CCCCC1)n1nnc2ccccc21. The summed E-state index contributed by atoms with van der Waals surface area (Å²) in [5.41, 5.74) is 1.88. The minimum Gasteiger partial charge on any atom is -0.347 e. The lowest BCUT2D eigenvalue weighted by Gasteiger charge is -2.28. The Bertz CT molecular complexity index is 542. The second-order valence-electron chi connectivity index (χ2n) is 4.32. The van der Waals surface area contributed by atoms with Crippen LogP contribution >= 0.6 is 12.2 Å². The van der Waals surface area contributed by atoms with Crippen molar-refractivity contribution in [3.8, 4) is 0 Å². The molecule has 0 N–H and O–H groups in total. The van der Waals surface area contributed by atoms with E-state index in [4.69, 9.17) is 12.2 Å². The lowest BCUT2D eigenvalue weighted by atomic mass is 10.1. The average Bonchev–Trinajstić information content (AvgIpc) is 2.83. The number of fused-ring (bicyclic) bond motifs is 1. The Morgan fingerprint density at radius 2 is 1.88 bits per heavy atom. The fourth-order valence-electron chi connectivity index (χ4n) is 2.23. The Morgan fingerprint density at radius 1 is 1.12 bits per heavy atom. The molecule has 5 heteroatoms. The number of benzene rings is 1. The molecule has 1 saturated heterocycles. The van der Waals surface area contributed by atoms with Crippen molar-refractivity contribution in [1.29, 1.82) is 0 Å². The van der Waals surface area contributed by atoms with E-state index >= 15 is 0 Å². The van der Waals surface area contributed by atoms with Crippen LogP contribution < -0.4 is 0 Å². The van der Waals surface area contributed by atoms with Crippen molar-refractivity contribution >= 4 is 28.4 Å². The number of para-hydroxylation sites is 1. The maximum Gasteiger partial charge on any atom is 0.198 e. The Morgan fingerprint density at radius 3 is 2.71 bits per heavy atom. The van der Waals surface area contributed by atoms with Crippen molar-refractivity contribution in [1.82, 2.24) is 19.9 Å². The Balaban J connectivity index is 1.95. The lowest BCUT2D eigenvalue weighted by molar-refractivity contribution is 0.337. The van der Waals surface area contributed by atoms with Crippen LogP contribution in [0, 0.1) is 0 Å². The molecule has 88 valence electrons. The first-order valence-corrected chi connectivity index (χ1v) is 6.37. The fourth-order valence-corrected chi connectivity index (χ4v) is 2.55. The van der Waals surface area contributed by atoms with Crippen LogP contribution in [0.4, 0.5) is 0 Å². The third-order valence-electron chi connectivity index (χ3n) is 3.16. The predicted octanol–water partition coefficient (Wildman–Crippen LogP) is 2.05. The van der Waals surface area contributed by atoms with Gasteiger partial charge in [-0.3, -0.25) is 0 Å². The summed E-state index contributed by atoms with van der Waals surface area (Å²) in [7, 11) is 0. The van der Waals surface area contributed by atoms with Crippen molar-refractivity contribution in [3.63, 3.8) is 0 Å². The second-order valence-corrected chi connectivity index (χ2v) is 4.69. The van der Waals surface area contributed by atoms with Gasteiger partial charge in [0.25, 0.3) is 0 Å². The van der Waals surface area contributed by atoms with Crippen molar-refractivity contribution in [3.05, 3.63) is 24.3 Å². The molecular weight excluding hydrogens is 232 g/mol. The van der Waals surface area contributed by atoms with E-state index in [1.165, 1.54) is 19.3 Å². The van der Waals surface area contributed by atoms with Crippen molar-refractivity contribution in [2.45, 2.75) is 19.3 Å². The summed E-state index contributed by atoms with van der Waals surface area (Å²) in [5.74, 6) is 0. The quantitative estimate of drug-likeness (QED) is 0.666. The van der Waals surface area contributed by atoms with Crippen LogP contribution in [0.15, 0.2) is 24.3 Å². The molecule has 0 atom stereocenters. The molecule has 0 amide bonds. The molecule has 0 unspecified atom stereocenters. The molecule has 0 saturated carbocycles. The van der Waals surface area contributed by atoms with Gasteiger partial charge in [-0.15, -0.1) is 5.10 Å². The molecular formula is C12H14N4S. The van der Waals surface area contributed by atoms with E-state index in [1.807, 2.05) is 24.3 Å². The van der Waals surface area contributed by atoms with E-state index in [0.29, 0.717) is 0 Å². The van der Waals surface area contributed by atoms with Crippen LogP contribution in [0.5, 0.6) is 0 Å². The van der Waals surface area contributed by atoms with Crippen molar-refractivity contribution in [2.24, 2.45) is 0 Å². The summed E-state index contributed by atoms with van der Waals surface area (Å²) < 4.78 is 1.77. The van der Waals surface area contributed by atoms with Crippen molar-refractivity contribution < 1.29 is 0 Å². The van der Waals surface area contributed by atoms with Crippen LogP contribution in [0.1, 0.15) is 19.3 Å². The van der Waals surface area contributed by atoms with Crippen LogP contribution in [-0.4, -0.2) is 38.1 Å². The maximum atomic E-state index is 5.51. The summed E-state index contributed by atoms with van der Waals surface area (Å²) in [6, 6.07) is 7.91. The van der Waals surface area contributed by atoms with Crippen LogP contribution in [-0.2, 0) is 0 Å². The molecule has 1 fully saturated rings. The van der Waals surface area contributed by atoms with Gasteiger partial charge in [-0.2, -0.15) is 4.68 Å². The summed E-state index contributed by atoms with van der Waals surface area (Å²) in [5, 5.41) is 9.06. The van der Waals surface area contributed by atoms with E-state index in [9.17, 15) is 0 Å². The van der Waals surface area contributed by atoms with Gasteiger partial charge < -0.3 is 4.90 Å². The number of rotatable bonds is 0. The van der Waals surface area contributed by atoms with Gasteiger partial charge in [0.05, 0.1) is 5.52 Å². The minimum absolute atomic E-state index is 0.776. The molecule has 0 spiro atoms. The molecule has 2 aromatic rings. The number of thiocarbonyl (C=S) groups is 1. The number of likely N-dealkylation sites (tertiary alicyclic amines) is 1. The van der Waals surface area contributed by atoms with Gasteiger partial charge >= 0.3 is 0 Å². The van der Waals surface area contributed by atoms with Crippen molar-refractivity contribution in [2.75, 3.05) is 13.1 Å². The fraction of sp³-hybridized carbons (Fsp3) is 0.417. The number of aromatic nitrogens is 3. The van der Waals surface area contributed by atoms with Gasteiger partial charge in [-0.25, -0.2) is 0 Å². The zero-order chi connectivity index (χ0) is 11.7. The van der Waals surface area contributed by atoms with Crippen LogP contribution in [0.3, 0.4) is 0 Å². The molecule has 3 rings (SSSR count). The number of hydrogen-bond donors (Lipinski definition) is 0. The topological polar surface area (TPSA) is 34.0 Å². The molecule has 4 nitrogen and oxygen atoms in total. The third kappa shape index (κ3) is 1.91. The number of hydrogen-bond acceptors (Lipinski definition) is 3. The van der Waals surface area contributed by atoms with Gasteiger partial charge in [-0.05, 0) is 43.6 Å².